The van der Waals surface area contributed by atoms with E-state index in [9.17, 15) is 5.11 Å². The average molecular weight is 313 g/mol. The molecule has 0 radical (unpaired) electrons. The van der Waals surface area contributed by atoms with Crippen LogP contribution in [0.25, 0.3) is 0 Å². The molecule has 0 saturated carbocycles. The smallest absolute Gasteiger partial charge is 0.146 e. The second kappa shape index (κ2) is 7.13. The molecule has 23 heavy (non-hydrogen) atoms. The summed E-state index contributed by atoms with van der Waals surface area (Å²) in [6.07, 6.45) is 3.42. The van der Waals surface area contributed by atoms with E-state index < -0.39 is 0 Å². The molecule has 0 bridgehead atoms. The van der Waals surface area contributed by atoms with E-state index in [1.54, 1.807) is 31.4 Å². The third-order valence-electron chi connectivity index (χ3n) is 3.85. The highest BCUT2D eigenvalue weighted by atomic mass is 16.5. The van der Waals surface area contributed by atoms with E-state index in [0.29, 0.717) is 22.9 Å². The van der Waals surface area contributed by atoms with Crippen LogP contribution in [0.5, 0.6) is 5.75 Å². The Balaban J connectivity index is 2.39. The first-order valence-electron chi connectivity index (χ1n) is 7.70. The van der Waals surface area contributed by atoms with Crippen molar-refractivity contribution in [1.29, 1.82) is 5.41 Å². The quantitative estimate of drug-likeness (QED) is 0.812. The number of allylic oxidation sites excluding steroid dienone is 3. The van der Waals surface area contributed by atoms with Crippen LogP contribution in [0.3, 0.4) is 0 Å². The second-order valence-corrected chi connectivity index (χ2v) is 5.30. The van der Waals surface area contributed by atoms with Crippen LogP contribution in [-0.2, 0) is 4.74 Å². The van der Waals surface area contributed by atoms with Crippen LogP contribution in [0.4, 0.5) is 11.4 Å². The van der Waals surface area contributed by atoms with Gasteiger partial charge < -0.3 is 20.2 Å². The van der Waals surface area contributed by atoms with Gasteiger partial charge >= 0.3 is 0 Å². The van der Waals surface area contributed by atoms with E-state index >= 15 is 0 Å². The minimum atomic E-state index is 0.129. The van der Waals surface area contributed by atoms with Crippen molar-refractivity contribution in [3.8, 4) is 5.75 Å². The summed E-state index contributed by atoms with van der Waals surface area (Å²) in [6.45, 7) is 7.77. The molecule has 2 N–H and O–H groups in total. The fraction of sp³-hybridized carbons (Fsp3) is 0.333. The van der Waals surface area contributed by atoms with Crippen LogP contribution in [0.2, 0.25) is 0 Å². The minimum Gasteiger partial charge on any atom is -0.506 e. The molecule has 1 aromatic rings. The Morgan fingerprint density at radius 2 is 1.91 bits per heavy atom. The number of anilines is 1. The number of phenolic OH excluding ortho intramolecular Hbond substituents is 1. The number of nitrogens with zero attached hydrogens (tertiary/aromatic N) is 2. The van der Waals surface area contributed by atoms with Crippen molar-refractivity contribution in [3.05, 3.63) is 41.7 Å². The zero-order chi connectivity index (χ0) is 17.0. The summed E-state index contributed by atoms with van der Waals surface area (Å²) in [7, 11) is 1.55. The van der Waals surface area contributed by atoms with Gasteiger partial charge in [-0.25, -0.2) is 4.99 Å². The van der Waals surface area contributed by atoms with Crippen molar-refractivity contribution >= 4 is 22.8 Å². The SMILES string of the molecule is CCN(CC)c1ccc(N=C2C=C(C)C(=N)C=C2OC)c(O)c1. The van der Waals surface area contributed by atoms with Gasteiger partial charge in [0.15, 0.2) is 0 Å². The number of nitrogens with one attached hydrogen (secondary N) is 1. The summed E-state index contributed by atoms with van der Waals surface area (Å²) in [5.74, 6) is 0.650. The average Bonchev–Trinajstić information content (AvgIpc) is 2.54. The third-order valence-corrected chi connectivity index (χ3v) is 3.85. The zero-order valence-corrected chi connectivity index (χ0v) is 14.1. The topological polar surface area (TPSA) is 68.9 Å². The standard InChI is InChI=1S/C18H23N3O2/c1-5-21(6-2)13-7-8-15(17(22)10-13)20-16-9-12(3)14(19)11-18(16)23-4/h7-11,19,22H,5-6H2,1-4H3. The first kappa shape index (κ1) is 16.8. The number of ether oxygens (including phenoxy) is 1. The Hall–Kier alpha value is -2.56. The fourth-order valence-electron chi connectivity index (χ4n) is 2.45. The summed E-state index contributed by atoms with van der Waals surface area (Å²) in [5.41, 5.74) is 3.27. The molecule has 0 amide bonds. The molecule has 122 valence electrons. The van der Waals surface area contributed by atoms with Gasteiger partial charge in [-0.3, -0.25) is 0 Å². The molecule has 2 rings (SSSR count). The molecule has 0 unspecified atom stereocenters. The molecule has 5 nitrogen and oxygen atoms in total. The Kier molecular flexibility index (Phi) is 5.21. The number of rotatable bonds is 5. The Morgan fingerprint density at radius 1 is 1.22 bits per heavy atom. The molecule has 5 heteroatoms. The molecule has 1 aliphatic carbocycles. The molecular formula is C18H23N3O2. The molecule has 0 saturated heterocycles. The highest BCUT2D eigenvalue weighted by Crippen LogP contribution is 2.32. The first-order valence-corrected chi connectivity index (χ1v) is 7.70. The van der Waals surface area contributed by atoms with Gasteiger partial charge in [0.05, 0.1) is 12.8 Å². The van der Waals surface area contributed by atoms with Gasteiger partial charge in [0, 0.05) is 30.9 Å². The minimum absolute atomic E-state index is 0.129. The van der Waals surface area contributed by atoms with Crippen LogP contribution < -0.4 is 4.90 Å². The number of methoxy groups -OCH3 is 1. The highest BCUT2D eigenvalue weighted by molar-refractivity contribution is 6.22. The predicted octanol–water partition coefficient (Wildman–Crippen LogP) is 3.82. The molecule has 0 fully saturated rings. The van der Waals surface area contributed by atoms with Gasteiger partial charge in [0.25, 0.3) is 0 Å². The fourth-order valence-corrected chi connectivity index (χ4v) is 2.45. The second-order valence-electron chi connectivity index (χ2n) is 5.30. The Labute approximate surface area is 137 Å². The molecule has 0 atom stereocenters. The van der Waals surface area contributed by atoms with Crippen LogP contribution >= 0.6 is 0 Å². The number of benzene rings is 1. The molecule has 1 aromatic carbocycles. The van der Waals surface area contributed by atoms with Crippen LogP contribution in [0.15, 0.2) is 46.7 Å². The lowest BCUT2D eigenvalue weighted by atomic mass is 10.0. The van der Waals surface area contributed by atoms with Crippen molar-refractivity contribution in [2.45, 2.75) is 20.8 Å². The highest BCUT2D eigenvalue weighted by Gasteiger charge is 2.15. The van der Waals surface area contributed by atoms with Crippen molar-refractivity contribution < 1.29 is 9.84 Å². The summed E-state index contributed by atoms with van der Waals surface area (Å²) in [5, 5.41) is 18.1. The molecule has 0 spiro atoms. The number of phenols is 1. The lowest BCUT2D eigenvalue weighted by Crippen LogP contribution is -2.21. The van der Waals surface area contributed by atoms with Gasteiger partial charge in [0.2, 0.25) is 0 Å². The Morgan fingerprint density at radius 3 is 2.48 bits per heavy atom. The van der Waals surface area contributed by atoms with Gasteiger partial charge in [-0.2, -0.15) is 0 Å². The van der Waals surface area contributed by atoms with Crippen molar-refractivity contribution in [1.82, 2.24) is 0 Å². The summed E-state index contributed by atoms with van der Waals surface area (Å²) in [4.78, 5) is 6.64. The van der Waals surface area contributed by atoms with E-state index in [0.717, 1.165) is 24.4 Å². The van der Waals surface area contributed by atoms with Crippen molar-refractivity contribution in [3.63, 3.8) is 0 Å². The van der Waals surface area contributed by atoms with E-state index in [1.165, 1.54) is 0 Å². The maximum absolute atomic E-state index is 10.3. The Bertz CT molecular complexity index is 698. The third kappa shape index (κ3) is 3.62. The maximum atomic E-state index is 10.3. The van der Waals surface area contributed by atoms with Gasteiger partial charge in [-0.05, 0) is 44.6 Å². The van der Waals surface area contributed by atoms with Gasteiger partial charge in [-0.15, -0.1) is 0 Å². The van der Waals surface area contributed by atoms with Gasteiger partial charge in [-0.1, -0.05) is 0 Å². The van der Waals surface area contributed by atoms with E-state index in [-0.39, 0.29) is 5.75 Å². The lowest BCUT2D eigenvalue weighted by molar-refractivity contribution is 0.316. The maximum Gasteiger partial charge on any atom is 0.146 e. The monoisotopic (exact) mass is 313 g/mol. The van der Waals surface area contributed by atoms with Gasteiger partial charge in [0.1, 0.15) is 22.9 Å². The van der Waals surface area contributed by atoms with E-state index in [4.69, 9.17) is 10.1 Å². The van der Waals surface area contributed by atoms with Crippen LogP contribution in [0, 0.1) is 5.41 Å². The first-order chi connectivity index (χ1) is 11.0. The van der Waals surface area contributed by atoms with Crippen molar-refractivity contribution in [2.75, 3.05) is 25.1 Å². The number of aliphatic imine (C=N–C) groups is 1. The zero-order valence-electron chi connectivity index (χ0n) is 14.1. The predicted molar refractivity (Wildman–Crippen MR) is 95.3 cm³/mol. The molecule has 0 aliphatic heterocycles. The summed E-state index contributed by atoms with van der Waals surface area (Å²) in [6, 6.07) is 5.47. The molecular weight excluding hydrogens is 290 g/mol. The molecule has 0 aromatic heterocycles. The summed E-state index contributed by atoms with van der Waals surface area (Å²) >= 11 is 0. The lowest BCUT2D eigenvalue weighted by Gasteiger charge is -2.21. The number of hydrogen-bond acceptors (Lipinski definition) is 5. The van der Waals surface area contributed by atoms with E-state index in [1.807, 2.05) is 13.0 Å². The van der Waals surface area contributed by atoms with Crippen molar-refractivity contribution in [2.24, 2.45) is 4.99 Å². The van der Waals surface area contributed by atoms with Crippen LogP contribution in [0.1, 0.15) is 20.8 Å². The van der Waals surface area contributed by atoms with Crippen LogP contribution in [-0.4, -0.2) is 36.7 Å². The molecule has 1 aliphatic rings. The number of hydrogen-bond donors (Lipinski definition) is 2. The largest absolute Gasteiger partial charge is 0.506 e. The number of aromatic hydroxyl groups is 1. The summed E-state index contributed by atoms with van der Waals surface area (Å²) < 4.78 is 5.29. The molecule has 0 heterocycles. The normalized spacial score (nSPS) is 16.2. The van der Waals surface area contributed by atoms with E-state index in [2.05, 4.69) is 23.7 Å².